The van der Waals surface area contributed by atoms with Gasteiger partial charge in [0.1, 0.15) is 5.69 Å². The van der Waals surface area contributed by atoms with Crippen molar-refractivity contribution < 1.29 is 9.53 Å². The number of pyridine rings is 1. The summed E-state index contributed by atoms with van der Waals surface area (Å²) in [7, 11) is 2.92. The van der Waals surface area contributed by atoms with Gasteiger partial charge in [-0.05, 0) is 17.6 Å². The molecule has 0 atom stereocenters. The SMILES string of the molecule is COC(=O)c1snc(-c2ccc(=O)n(C)c2)c1N. The average Bonchev–Trinajstić information content (AvgIpc) is 2.74. The van der Waals surface area contributed by atoms with Gasteiger partial charge < -0.3 is 15.0 Å². The van der Waals surface area contributed by atoms with Crippen LogP contribution in [0.4, 0.5) is 5.69 Å². The van der Waals surface area contributed by atoms with Crippen LogP contribution < -0.4 is 11.3 Å². The average molecular weight is 265 g/mol. The highest BCUT2D eigenvalue weighted by atomic mass is 32.1. The van der Waals surface area contributed by atoms with Crippen LogP contribution >= 0.6 is 11.5 Å². The number of carbonyl (C=O) groups excluding carboxylic acids is 1. The van der Waals surface area contributed by atoms with Crippen molar-refractivity contribution in [1.82, 2.24) is 8.94 Å². The molecule has 0 saturated heterocycles. The van der Waals surface area contributed by atoms with Gasteiger partial charge >= 0.3 is 5.97 Å². The van der Waals surface area contributed by atoms with Gasteiger partial charge in [0.25, 0.3) is 0 Å². The first kappa shape index (κ1) is 12.3. The second-order valence-corrected chi connectivity index (χ2v) is 4.41. The minimum atomic E-state index is -0.513. The molecule has 0 aliphatic rings. The number of aryl methyl sites for hydroxylation is 1. The van der Waals surface area contributed by atoms with E-state index in [0.717, 1.165) is 11.5 Å². The van der Waals surface area contributed by atoms with E-state index in [1.165, 1.54) is 17.7 Å². The van der Waals surface area contributed by atoms with E-state index in [2.05, 4.69) is 9.11 Å². The van der Waals surface area contributed by atoms with E-state index in [9.17, 15) is 9.59 Å². The second-order valence-electron chi connectivity index (χ2n) is 3.63. The number of rotatable bonds is 2. The summed E-state index contributed by atoms with van der Waals surface area (Å²) >= 11 is 0.977. The first-order chi connectivity index (χ1) is 8.54. The van der Waals surface area contributed by atoms with Gasteiger partial charge in [-0.1, -0.05) is 0 Å². The van der Waals surface area contributed by atoms with E-state index in [1.807, 2.05) is 0 Å². The topological polar surface area (TPSA) is 87.2 Å². The largest absolute Gasteiger partial charge is 0.465 e. The molecule has 2 N–H and O–H groups in total. The Morgan fingerprint density at radius 2 is 2.22 bits per heavy atom. The third-order valence-electron chi connectivity index (χ3n) is 2.46. The number of nitrogen functional groups attached to an aromatic ring is 1. The summed E-state index contributed by atoms with van der Waals surface area (Å²) in [5.41, 5.74) is 7.17. The summed E-state index contributed by atoms with van der Waals surface area (Å²) in [5, 5.41) is 0. The normalized spacial score (nSPS) is 10.3. The lowest BCUT2D eigenvalue weighted by Gasteiger charge is -2.02. The molecular weight excluding hydrogens is 254 g/mol. The zero-order valence-electron chi connectivity index (χ0n) is 9.84. The van der Waals surface area contributed by atoms with Gasteiger partial charge in [-0.3, -0.25) is 4.79 Å². The van der Waals surface area contributed by atoms with Crippen LogP contribution in [0.25, 0.3) is 11.3 Å². The van der Waals surface area contributed by atoms with Crippen LogP contribution in [0, 0.1) is 0 Å². The van der Waals surface area contributed by atoms with Crippen molar-refractivity contribution in [3.05, 3.63) is 33.6 Å². The molecule has 0 unspecified atom stereocenters. The predicted octanol–water partition coefficient (Wildman–Crippen LogP) is 0.878. The van der Waals surface area contributed by atoms with Crippen molar-refractivity contribution in [2.45, 2.75) is 0 Å². The number of ether oxygens (including phenoxy) is 1. The van der Waals surface area contributed by atoms with Crippen LogP contribution in [0.1, 0.15) is 9.67 Å². The molecule has 0 aliphatic carbocycles. The third kappa shape index (κ3) is 2.00. The molecule has 0 bridgehead atoms. The summed E-state index contributed by atoms with van der Waals surface area (Å²) in [6.45, 7) is 0. The molecule has 0 saturated carbocycles. The molecule has 0 radical (unpaired) electrons. The molecule has 2 aromatic rings. The monoisotopic (exact) mass is 265 g/mol. The number of esters is 1. The molecule has 0 amide bonds. The summed E-state index contributed by atoms with van der Waals surface area (Å²) in [5.74, 6) is -0.513. The molecular formula is C11H11N3O3S. The van der Waals surface area contributed by atoms with Crippen LogP contribution in [-0.2, 0) is 11.8 Å². The fourth-order valence-corrected chi connectivity index (χ4v) is 2.22. The fourth-order valence-electron chi connectivity index (χ4n) is 1.48. The highest BCUT2D eigenvalue weighted by molar-refractivity contribution is 7.09. The minimum absolute atomic E-state index is 0.124. The number of methoxy groups -OCH3 is 1. The van der Waals surface area contributed by atoms with Gasteiger partial charge in [0, 0.05) is 24.9 Å². The number of carbonyl (C=O) groups is 1. The number of nitrogens with zero attached hydrogens (tertiary/aromatic N) is 2. The molecule has 0 fully saturated rings. The molecule has 0 aliphatic heterocycles. The number of hydrogen-bond donors (Lipinski definition) is 1. The van der Waals surface area contributed by atoms with Gasteiger partial charge in [-0.15, -0.1) is 0 Å². The van der Waals surface area contributed by atoms with Crippen LogP contribution in [0.3, 0.4) is 0 Å². The van der Waals surface area contributed by atoms with Crippen LogP contribution in [0.5, 0.6) is 0 Å². The van der Waals surface area contributed by atoms with Crippen molar-refractivity contribution in [1.29, 1.82) is 0 Å². The van der Waals surface area contributed by atoms with Crippen molar-refractivity contribution >= 4 is 23.2 Å². The van der Waals surface area contributed by atoms with Crippen LogP contribution in [-0.4, -0.2) is 22.0 Å². The van der Waals surface area contributed by atoms with Crippen molar-refractivity contribution in [2.24, 2.45) is 7.05 Å². The lowest BCUT2D eigenvalue weighted by molar-refractivity contribution is 0.0607. The second kappa shape index (κ2) is 4.61. The van der Waals surface area contributed by atoms with Gasteiger partial charge in [0.2, 0.25) is 5.56 Å². The Morgan fingerprint density at radius 1 is 1.50 bits per heavy atom. The van der Waals surface area contributed by atoms with E-state index < -0.39 is 5.97 Å². The molecule has 18 heavy (non-hydrogen) atoms. The Morgan fingerprint density at radius 3 is 2.83 bits per heavy atom. The number of aromatic nitrogens is 2. The number of nitrogens with two attached hydrogens (primary N) is 1. The Kier molecular flexibility index (Phi) is 3.15. The molecule has 7 heteroatoms. The molecule has 0 aromatic carbocycles. The molecule has 2 rings (SSSR count). The van der Waals surface area contributed by atoms with Crippen molar-refractivity contribution in [2.75, 3.05) is 12.8 Å². The lowest BCUT2D eigenvalue weighted by Crippen LogP contribution is -2.14. The van der Waals surface area contributed by atoms with Crippen LogP contribution in [0.15, 0.2) is 23.1 Å². The van der Waals surface area contributed by atoms with Gasteiger partial charge in [0.05, 0.1) is 12.8 Å². The zero-order chi connectivity index (χ0) is 13.3. The van der Waals surface area contributed by atoms with E-state index in [0.29, 0.717) is 11.3 Å². The third-order valence-corrected chi connectivity index (χ3v) is 3.30. The summed E-state index contributed by atoms with van der Waals surface area (Å²) in [6, 6.07) is 3.04. The Bertz CT molecular complexity index is 660. The standard InChI is InChI=1S/C11H11N3O3S/c1-14-5-6(3-4-7(14)15)9-8(12)10(18-13-9)11(16)17-2/h3-5H,12H2,1-2H3. The van der Waals surface area contributed by atoms with Gasteiger partial charge in [-0.2, -0.15) is 4.37 Å². The Balaban J connectivity index is 2.52. The molecule has 0 spiro atoms. The minimum Gasteiger partial charge on any atom is -0.465 e. The summed E-state index contributed by atoms with van der Waals surface area (Å²) < 4.78 is 10.2. The van der Waals surface area contributed by atoms with E-state index >= 15 is 0 Å². The molecule has 6 nitrogen and oxygen atoms in total. The quantitative estimate of drug-likeness (QED) is 0.814. The predicted molar refractivity (Wildman–Crippen MR) is 68.5 cm³/mol. The number of hydrogen-bond acceptors (Lipinski definition) is 6. The fraction of sp³-hybridized carbons (Fsp3) is 0.182. The Hall–Kier alpha value is -2.15. The highest BCUT2D eigenvalue weighted by Gasteiger charge is 2.19. The van der Waals surface area contributed by atoms with E-state index in [-0.39, 0.29) is 16.1 Å². The number of anilines is 1. The molecule has 2 heterocycles. The zero-order valence-corrected chi connectivity index (χ0v) is 10.7. The first-order valence-corrected chi connectivity index (χ1v) is 5.82. The highest BCUT2D eigenvalue weighted by Crippen LogP contribution is 2.30. The maximum absolute atomic E-state index is 11.4. The lowest BCUT2D eigenvalue weighted by atomic mass is 10.1. The van der Waals surface area contributed by atoms with Gasteiger partial charge in [-0.25, -0.2) is 4.79 Å². The maximum Gasteiger partial charge on any atom is 0.351 e. The Labute approximate surface area is 107 Å². The van der Waals surface area contributed by atoms with E-state index in [4.69, 9.17) is 5.73 Å². The van der Waals surface area contributed by atoms with Gasteiger partial charge in [0.15, 0.2) is 4.88 Å². The van der Waals surface area contributed by atoms with Crippen LogP contribution in [0.2, 0.25) is 0 Å². The summed E-state index contributed by atoms with van der Waals surface area (Å²) in [6.07, 6.45) is 1.62. The van der Waals surface area contributed by atoms with Crippen molar-refractivity contribution in [3.63, 3.8) is 0 Å². The first-order valence-electron chi connectivity index (χ1n) is 5.05. The molecule has 94 valence electrons. The van der Waals surface area contributed by atoms with E-state index in [1.54, 1.807) is 19.3 Å². The summed E-state index contributed by atoms with van der Waals surface area (Å²) in [4.78, 5) is 23.0. The molecule has 2 aromatic heterocycles. The smallest absolute Gasteiger partial charge is 0.351 e. The van der Waals surface area contributed by atoms with Crippen molar-refractivity contribution in [3.8, 4) is 11.3 Å². The maximum atomic E-state index is 11.4.